The molecule has 2 aromatic heterocycles. The van der Waals surface area contributed by atoms with E-state index in [0.29, 0.717) is 31.8 Å². The van der Waals surface area contributed by atoms with E-state index in [1.54, 1.807) is 10.9 Å². The van der Waals surface area contributed by atoms with Crippen LogP contribution in [0.1, 0.15) is 23.9 Å². The summed E-state index contributed by atoms with van der Waals surface area (Å²) in [5.41, 5.74) is 1.45. The van der Waals surface area contributed by atoms with E-state index in [1.807, 2.05) is 6.92 Å². The molecule has 23 heavy (non-hydrogen) atoms. The molecule has 0 atom stereocenters. The summed E-state index contributed by atoms with van der Waals surface area (Å²) in [5, 5.41) is 0. The van der Waals surface area contributed by atoms with Crippen LogP contribution >= 0.6 is 0 Å². The van der Waals surface area contributed by atoms with Gasteiger partial charge >= 0.3 is 0 Å². The highest BCUT2D eigenvalue weighted by molar-refractivity contribution is 5.21. The smallest absolute Gasteiger partial charge is 0.256 e. The lowest BCUT2D eigenvalue weighted by Crippen LogP contribution is -2.36. The van der Waals surface area contributed by atoms with Crippen molar-refractivity contribution in [1.82, 2.24) is 14.5 Å². The Kier molecular flexibility index (Phi) is 4.29. The molecule has 2 aromatic rings. The van der Waals surface area contributed by atoms with Crippen molar-refractivity contribution in [2.75, 3.05) is 13.7 Å². The first-order valence-electron chi connectivity index (χ1n) is 7.57. The van der Waals surface area contributed by atoms with Crippen molar-refractivity contribution in [3.8, 4) is 5.75 Å². The van der Waals surface area contributed by atoms with E-state index < -0.39 is 0 Å². The lowest BCUT2D eigenvalue weighted by atomic mass is 10.1. The lowest BCUT2D eigenvalue weighted by Gasteiger charge is -2.27. The molecule has 7 heteroatoms. The van der Waals surface area contributed by atoms with Gasteiger partial charge in [-0.1, -0.05) is 0 Å². The molecule has 3 heterocycles. The van der Waals surface area contributed by atoms with E-state index >= 15 is 0 Å². The number of aromatic nitrogens is 2. The summed E-state index contributed by atoms with van der Waals surface area (Å²) in [4.78, 5) is 30.5. The van der Waals surface area contributed by atoms with E-state index in [2.05, 4.69) is 9.88 Å². The van der Waals surface area contributed by atoms with Gasteiger partial charge in [0.2, 0.25) is 11.2 Å². The van der Waals surface area contributed by atoms with Crippen molar-refractivity contribution in [3.63, 3.8) is 0 Å². The van der Waals surface area contributed by atoms with Gasteiger partial charge in [-0.3, -0.25) is 19.1 Å². The topological polar surface area (TPSA) is 77.6 Å². The highest BCUT2D eigenvalue weighted by Gasteiger charge is 2.21. The maximum Gasteiger partial charge on any atom is 0.256 e. The first kappa shape index (κ1) is 15.5. The quantitative estimate of drug-likeness (QED) is 0.829. The molecule has 0 radical (unpaired) electrons. The second-order valence-corrected chi connectivity index (χ2v) is 5.50. The molecule has 0 aromatic carbocycles. The van der Waals surface area contributed by atoms with E-state index in [0.717, 1.165) is 17.8 Å². The van der Waals surface area contributed by atoms with Gasteiger partial charge in [0.15, 0.2) is 0 Å². The van der Waals surface area contributed by atoms with Gasteiger partial charge < -0.3 is 9.15 Å². The average molecular weight is 317 g/mol. The molecule has 1 aliphatic rings. The average Bonchev–Trinajstić information content (AvgIpc) is 2.55. The Morgan fingerprint density at radius 2 is 2.22 bits per heavy atom. The van der Waals surface area contributed by atoms with Crippen LogP contribution < -0.4 is 15.7 Å². The van der Waals surface area contributed by atoms with E-state index in [1.165, 1.54) is 19.4 Å². The Labute approximate surface area is 133 Å². The number of rotatable bonds is 4. The summed E-state index contributed by atoms with van der Waals surface area (Å²) in [5.74, 6) is 0.765. The molecular weight excluding hydrogens is 298 g/mol. The monoisotopic (exact) mass is 317 g/mol. The van der Waals surface area contributed by atoms with Gasteiger partial charge in [0.1, 0.15) is 12.0 Å². The zero-order valence-electron chi connectivity index (χ0n) is 13.2. The van der Waals surface area contributed by atoms with Crippen molar-refractivity contribution in [2.24, 2.45) is 0 Å². The highest BCUT2D eigenvalue weighted by atomic mass is 16.5. The Morgan fingerprint density at radius 1 is 1.39 bits per heavy atom. The number of hydrogen-bond acceptors (Lipinski definition) is 6. The van der Waals surface area contributed by atoms with Crippen LogP contribution in [-0.2, 0) is 26.1 Å². The molecule has 0 saturated heterocycles. The van der Waals surface area contributed by atoms with Gasteiger partial charge in [-0.05, 0) is 13.3 Å². The van der Waals surface area contributed by atoms with Crippen LogP contribution in [0.15, 0.2) is 32.7 Å². The van der Waals surface area contributed by atoms with Gasteiger partial charge in [-0.2, -0.15) is 0 Å². The van der Waals surface area contributed by atoms with E-state index in [9.17, 15) is 9.59 Å². The van der Waals surface area contributed by atoms with Crippen molar-refractivity contribution in [1.29, 1.82) is 0 Å². The number of methoxy groups -OCH3 is 1. The zero-order chi connectivity index (χ0) is 16.4. The molecule has 0 N–H and O–H groups in total. The predicted molar refractivity (Wildman–Crippen MR) is 83.5 cm³/mol. The normalized spacial score (nSPS) is 14.5. The summed E-state index contributed by atoms with van der Waals surface area (Å²) in [6.07, 6.45) is 3.58. The first-order valence-corrected chi connectivity index (χ1v) is 7.57. The molecule has 0 unspecified atom stereocenters. The van der Waals surface area contributed by atoms with Crippen LogP contribution in [0.5, 0.6) is 5.75 Å². The molecular formula is C16H19N3O4. The molecule has 0 amide bonds. The van der Waals surface area contributed by atoms with Crippen molar-refractivity contribution in [2.45, 2.75) is 33.0 Å². The number of nitrogens with zero attached hydrogens (tertiary/aromatic N) is 3. The minimum absolute atomic E-state index is 0.0492. The van der Waals surface area contributed by atoms with Gasteiger partial charge in [0, 0.05) is 31.3 Å². The maximum absolute atomic E-state index is 12.3. The van der Waals surface area contributed by atoms with Crippen LogP contribution in [0.25, 0.3) is 0 Å². The second kappa shape index (κ2) is 6.37. The Hall–Kier alpha value is -2.41. The molecule has 0 saturated carbocycles. The maximum atomic E-state index is 12.3. The number of ether oxygens (including phenoxy) is 1. The van der Waals surface area contributed by atoms with Crippen LogP contribution in [-0.4, -0.2) is 28.1 Å². The minimum atomic E-state index is -0.199. The largest absolute Gasteiger partial charge is 0.490 e. The fourth-order valence-electron chi connectivity index (χ4n) is 2.77. The van der Waals surface area contributed by atoms with Gasteiger partial charge in [-0.15, -0.1) is 0 Å². The lowest BCUT2D eigenvalue weighted by molar-refractivity contribution is 0.217. The van der Waals surface area contributed by atoms with Gasteiger partial charge in [-0.25, -0.2) is 4.98 Å². The molecule has 0 spiro atoms. The highest BCUT2D eigenvalue weighted by Crippen LogP contribution is 2.16. The summed E-state index contributed by atoms with van der Waals surface area (Å²) in [7, 11) is 1.43. The zero-order valence-corrected chi connectivity index (χ0v) is 13.2. The second-order valence-electron chi connectivity index (χ2n) is 5.50. The molecule has 7 nitrogen and oxygen atoms in total. The van der Waals surface area contributed by atoms with Gasteiger partial charge in [0.05, 0.1) is 25.7 Å². The Bertz CT molecular complexity index is 825. The Morgan fingerprint density at radius 3 is 2.91 bits per heavy atom. The third kappa shape index (κ3) is 3.05. The number of hydrogen-bond donors (Lipinski definition) is 0. The third-order valence-electron chi connectivity index (χ3n) is 4.06. The van der Waals surface area contributed by atoms with Crippen LogP contribution in [0.2, 0.25) is 0 Å². The fraction of sp³-hybridized carbons (Fsp3) is 0.438. The number of fused-ring (bicyclic) bond motifs is 1. The molecule has 3 rings (SSSR count). The van der Waals surface area contributed by atoms with Crippen molar-refractivity contribution in [3.05, 3.63) is 56.3 Å². The summed E-state index contributed by atoms with van der Waals surface area (Å²) in [6, 6.07) is 1.44. The molecule has 1 aliphatic heterocycles. The van der Waals surface area contributed by atoms with Crippen LogP contribution in [0, 0.1) is 0 Å². The third-order valence-corrected chi connectivity index (χ3v) is 4.06. The molecule has 0 bridgehead atoms. The van der Waals surface area contributed by atoms with E-state index in [-0.39, 0.29) is 16.7 Å². The van der Waals surface area contributed by atoms with E-state index in [4.69, 9.17) is 9.15 Å². The Balaban J connectivity index is 1.78. The first-order chi connectivity index (χ1) is 11.1. The number of aryl methyl sites for hydroxylation is 1. The standard InChI is InChI=1S/C16H19N3O4/c1-3-19-10-17-13-8-18(5-4-12(13)16(19)21)7-11-6-14(20)15(22-2)9-23-11/h6,9-10H,3-5,7-8H2,1-2H3. The molecule has 0 aliphatic carbocycles. The summed E-state index contributed by atoms with van der Waals surface area (Å²) < 4.78 is 12.0. The van der Waals surface area contributed by atoms with Crippen LogP contribution in [0.4, 0.5) is 0 Å². The fourth-order valence-corrected chi connectivity index (χ4v) is 2.77. The molecule has 0 fully saturated rings. The molecule has 122 valence electrons. The van der Waals surface area contributed by atoms with Crippen LogP contribution in [0.3, 0.4) is 0 Å². The summed E-state index contributed by atoms with van der Waals surface area (Å²) in [6.45, 7) is 4.35. The summed E-state index contributed by atoms with van der Waals surface area (Å²) >= 11 is 0. The van der Waals surface area contributed by atoms with Crippen molar-refractivity contribution >= 4 is 0 Å². The predicted octanol–water partition coefficient (Wildman–Crippen LogP) is 0.783. The van der Waals surface area contributed by atoms with Crippen molar-refractivity contribution < 1.29 is 9.15 Å². The van der Waals surface area contributed by atoms with Gasteiger partial charge in [0.25, 0.3) is 5.56 Å². The SMILES string of the molecule is CCn1cnc2c(c1=O)CCN(Cc1cc(=O)c(OC)co1)C2. The minimum Gasteiger partial charge on any atom is -0.490 e.